The summed E-state index contributed by atoms with van der Waals surface area (Å²) in [5, 5.41) is 16.0. The number of nitro groups is 1. The number of fused-ring (bicyclic) bond motifs is 3. The van der Waals surface area contributed by atoms with Crippen LogP contribution >= 0.6 is 0 Å². The molecule has 0 unspecified atom stereocenters. The van der Waals surface area contributed by atoms with Gasteiger partial charge in [0.2, 0.25) is 5.88 Å². The average molecular weight is 411 g/mol. The summed E-state index contributed by atoms with van der Waals surface area (Å²) in [7, 11) is 1.69. The molecule has 0 radical (unpaired) electrons. The molecule has 5 aromatic rings. The molecule has 2 aromatic heterocycles. The van der Waals surface area contributed by atoms with Crippen LogP contribution in [-0.4, -0.2) is 9.49 Å². The first-order chi connectivity index (χ1) is 15.1. The lowest BCUT2D eigenvalue weighted by atomic mass is 10.0. The molecule has 0 saturated heterocycles. The van der Waals surface area contributed by atoms with Crippen LogP contribution in [0.4, 0.5) is 17.3 Å². The van der Waals surface area contributed by atoms with Gasteiger partial charge >= 0.3 is 0 Å². The fraction of sp³-hybridized carbons (Fsp3) is 0.0417. The van der Waals surface area contributed by atoms with Crippen LogP contribution in [0.15, 0.2) is 88.1 Å². The number of nitro benzene ring substituents is 1. The number of anilines is 2. The maximum atomic E-state index is 13.4. The Kier molecular flexibility index (Phi) is 4.29. The highest BCUT2D eigenvalue weighted by molar-refractivity contribution is 6.11. The van der Waals surface area contributed by atoms with Crippen LogP contribution in [0.2, 0.25) is 0 Å². The van der Waals surface area contributed by atoms with Gasteiger partial charge in [0.05, 0.1) is 27.0 Å². The van der Waals surface area contributed by atoms with E-state index in [-0.39, 0.29) is 17.1 Å². The molecule has 0 fully saturated rings. The van der Waals surface area contributed by atoms with E-state index in [1.54, 1.807) is 25.2 Å². The van der Waals surface area contributed by atoms with Crippen LogP contribution in [-0.2, 0) is 7.05 Å². The number of nitrogens with one attached hydrogen (secondary N) is 1. The Morgan fingerprint density at radius 1 is 0.935 bits per heavy atom. The monoisotopic (exact) mass is 411 g/mol. The van der Waals surface area contributed by atoms with E-state index in [4.69, 9.17) is 4.42 Å². The maximum absolute atomic E-state index is 13.4. The summed E-state index contributed by atoms with van der Waals surface area (Å²) in [5.41, 5.74) is 2.15. The predicted octanol–water partition coefficient (Wildman–Crippen LogP) is 5.60. The van der Waals surface area contributed by atoms with Crippen molar-refractivity contribution in [3.8, 4) is 11.1 Å². The van der Waals surface area contributed by atoms with Gasteiger partial charge in [0, 0.05) is 24.2 Å². The molecule has 0 aliphatic heterocycles. The molecular weight excluding hydrogens is 394 g/mol. The van der Waals surface area contributed by atoms with Gasteiger partial charge in [0.25, 0.3) is 11.2 Å². The lowest BCUT2D eigenvalue weighted by molar-refractivity contribution is -0.384. The molecule has 1 N–H and O–H groups in total. The summed E-state index contributed by atoms with van der Waals surface area (Å²) >= 11 is 0. The minimum Gasteiger partial charge on any atom is -0.439 e. The van der Waals surface area contributed by atoms with Crippen molar-refractivity contribution in [3.05, 3.63) is 99.3 Å². The quantitative estimate of drug-likeness (QED) is 0.307. The molecule has 5 rings (SSSR count). The molecule has 0 bridgehead atoms. The molecule has 0 spiro atoms. The van der Waals surface area contributed by atoms with E-state index in [2.05, 4.69) is 5.32 Å². The highest BCUT2D eigenvalue weighted by atomic mass is 16.6. The fourth-order valence-corrected chi connectivity index (χ4v) is 3.90. The van der Waals surface area contributed by atoms with Crippen LogP contribution < -0.4 is 10.9 Å². The number of para-hydroxylation sites is 3. The number of furan rings is 1. The number of pyridine rings is 1. The van der Waals surface area contributed by atoms with Crippen molar-refractivity contribution in [2.24, 2.45) is 7.05 Å². The van der Waals surface area contributed by atoms with E-state index in [0.717, 1.165) is 11.1 Å². The smallest absolute Gasteiger partial charge is 0.277 e. The zero-order chi connectivity index (χ0) is 21.5. The van der Waals surface area contributed by atoms with Gasteiger partial charge in [-0.2, -0.15) is 0 Å². The van der Waals surface area contributed by atoms with Crippen molar-refractivity contribution in [2.75, 3.05) is 5.32 Å². The molecule has 3 aromatic carbocycles. The third-order valence-corrected chi connectivity index (χ3v) is 5.34. The summed E-state index contributed by atoms with van der Waals surface area (Å²) in [6, 6.07) is 23.1. The first-order valence-corrected chi connectivity index (χ1v) is 9.66. The maximum Gasteiger partial charge on any atom is 0.277 e. The molecule has 152 valence electrons. The van der Waals surface area contributed by atoms with Crippen molar-refractivity contribution in [1.82, 2.24) is 4.57 Å². The molecule has 0 saturated carbocycles. The molecule has 7 heteroatoms. The number of aromatic nitrogens is 1. The summed E-state index contributed by atoms with van der Waals surface area (Å²) in [6.07, 6.45) is 0. The Balaban J connectivity index is 1.93. The predicted molar refractivity (Wildman–Crippen MR) is 121 cm³/mol. The van der Waals surface area contributed by atoms with Crippen LogP contribution in [0.3, 0.4) is 0 Å². The minimum absolute atomic E-state index is 0.100. The number of aryl methyl sites for hydroxylation is 1. The highest BCUT2D eigenvalue weighted by Crippen LogP contribution is 2.43. The lowest BCUT2D eigenvalue weighted by Crippen LogP contribution is -2.17. The third kappa shape index (κ3) is 2.95. The van der Waals surface area contributed by atoms with E-state index < -0.39 is 4.92 Å². The van der Waals surface area contributed by atoms with E-state index in [9.17, 15) is 14.9 Å². The number of hydrogen-bond acceptors (Lipinski definition) is 5. The minimum atomic E-state index is -0.452. The summed E-state index contributed by atoms with van der Waals surface area (Å²) in [4.78, 5) is 24.7. The van der Waals surface area contributed by atoms with Crippen LogP contribution in [0, 0.1) is 10.1 Å². The second kappa shape index (κ2) is 7.14. The molecule has 0 atom stereocenters. The van der Waals surface area contributed by atoms with E-state index in [1.807, 2.05) is 54.6 Å². The van der Waals surface area contributed by atoms with Gasteiger partial charge in [-0.05, 0) is 30.3 Å². The van der Waals surface area contributed by atoms with Crippen LogP contribution in [0.25, 0.3) is 33.0 Å². The van der Waals surface area contributed by atoms with Gasteiger partial charge in [-0.25, -0.2) is 0 Å². The number of nitrogens with zero attached hydrogens (tertiary/aromatic N) is 2. The third-order valence-electron chi connectivity index (χ3n) is 5.34. The Bertz CT molecular complexity index is 1520. The van der Waals surface area contributed by atoms with Crippen molar-refractivity contribution in [2.45, 2.75) is 0 Å². The zero-order valence-corrected chi connectivity index (χ0v) is 16.5. The van der Waals surface area contributed by atoms with Crippen molar-refractivity contribution in [3.63, 3.8) is 0 Å². The Morgan fingerprint density at radius 2 is 1.61 bits per heavy atom. The first kappa shape index (κ1) is 18.6. The van der Waals surface area contributed by atoms with Gasteiger partial charge in [0.1, 0.15) is 0 Å². The zero-order valence-electron chi connectivity index (χ0n) is 16.5. The van der Waals surface area contributed by atoms with E-state index >= 15 is 0 Å². The number of rotatable bonds is 4. The highest BCUT2D eigenvalue weighted by Gasteiger charge is 2.27. The van der Waals surface area contributed by atoms with Gasteiger partial charge in [0.15, 0.2) is 5.58 Å². The first-order valence-electron chi connectivity index (χ1n) is 9.66. The molecule has 2 heterocycles. The molecule has 31 heavy (non-hydrogen) atoms. The normalized spacial score (nSPS) is 11.1. The van der Waals surface area contributed by atoms with Crippen LogP contribution in [0.1, 0.15) is 0 Å². The summed E-state index contributed by atoms with van der Waals surface area (Å²) in [5.74, 6) is 0.281. The van der Waals surface area contributed by atoms with Crippen molar-refractivity contribution in [1.29, 1.82) is 0 Å². The number of hydrogen-bond donors (Lipinski definition) is 1. The largest absolute Gasteiger partial charge is 0.439 e. The fourth-order valence-electron chi connectivity index (χ4n) is 3.90. The Morgan fingerprint density at radius 3 is 2.39 bits per heavy atom. The van der Waals surface area contributed by atoms with E-state index in [0.29, 0.717) is 27.6 Å². The molecule has 7 nitrogen and oxygen atoms in total. The molecule has 0 aliphatic rings. The molecular formula is C24H17N3O4. The Labute approximate surface area is 176 Å². The van der Waals surface area contributed by atoms with Crippen molar-refractivity contribution >= 4 is 39.1 Å². The molecule has 0 amide bonds. The summed E-state index contributed by atoms with van der Waals surface area (Å²) in [6.45, 7) is 0. The topological polar surface area (TPSA) is 90.3 Å². The van der Waals surface area contributed by atoms with Gasteiger partial charge < -0.3 is 14.3 Å². The van der Waals surface area contributed by atoms with Gasteiger partial charge in [-0.15, -0.1) is 0 Å². The SMILES string of the molecule is Cn1c(=O)c2c(-c3ccccc3[N+](=O)[O-])c(Nc3ccccc3)oc2c2ccccc21. The van der Waals surface area contributed by atoms with Crippen LogP contribution in [0.5, 0.6) is 0 Å². The average Bonchev–Trinajstić information content (AvgIpc) is 3.17. The lowest BCUT2D eigenvalue weighted by Gasteiger charge is -2.08. The van der Waals surface area contributed by atoms with E-state index in [1.165, 1.54) is 10.6 Å². The van der Waals surface area contributed by atoms with Gasteiger partial charge in [-0.1, -0.05) is 42.5 Å². The summed E-state index contributed by atoms with van der Waals surface area (Å²) < 4.78 is 7.73. The second-order valence-electron chi connectivity index (χ2n) is 7.16. The standard InChI is InChI=1S/C24H17N3O4/c1-26-18-13-7-6-12-17(18)22-21(24(26)28)20(16-11-5-8-14-19(16)27(29)30)23(31-22)25-15-9-3-2-4-10-15/h2-14,25H,1H3. The second-order valence-corrected chi connectivity index (χ2v) is 7.16. The molecule has 0 aliphatic carbocycles. The van der Waals surface area contributed by atoms with Gasteiger partial charge in [-0.3, -0.25) is 14.9 Å². The number of benzene rings is 3. The Hall–Kier alpha value is -4.39. The van der Waals surface area contributed by atoms with Crippen molar-refractivity contribution < 1.29 is 9.34 Å².